The number of nitrogens with zero attached hydrogens (tertiary/aromatic N) is 1. The summed E-state index contributed by atoms with van der Waals surface area (Å²) in [4.78, 5) is 16.9. The Hall–Kier alpha value is -1.14. The third-order valence-corrected chi connectivity index (χ3v) is 4.18. The van der Waals surface area contributed by atoms with E-state index in [1.165, 1.54) is 4.88 Å². The van der Waals surface area contributed by atoms with Gasteiger partial charge in [-0.25, -0.2) is 4.79 Å². The summed E-state index contributed by atoms with van der Waals surface area (Å²) < 4.78 is 5.24. The first kappa shape index (κ1) is 15.3. The molecule has 1 amide bonds. The van der Waals surface area contributed by atoms with E-state index < -0.39 is 5.60 Å². The lowest BCUT2D eigenvalue weighted by Gasteiger charge is -2.38. The van der Waals surface area contributed by atoms with Crippen LogP contribution in [-0.4, -0.2) is 28.8 Å². The maximum atomic E-state index is 11.6. The molecule has 0 spiro atoms. The minimum absolute atomic E-state index is 0.219. The molecule has 0 saturated heterocycles. The topological polar surface area (TPSA) is 63.2 Å². The van der Waals surface area contributed by atoms with Gasteiger partial charge in [-0.05, 0) is 40.5 Å². The van der Waals surface area contributed by atoms with Crippen LogP contribution in [0.25, 0.3) is 0 Å². The van der Waals surface area contributed by atoms with E-state index >= 15 is 0 Å². The fraction of sp³-hybridized carbons (Fsp3) is 0.714. The lowest BCUT2D eigenvalue weighted by Crippen LogP contribution is -2.53. The quantitative estimate of drug-likeness (QED) is 0.897. The molecule has 0 radical (unpaired) electrons. The summed E-state index contributed by atoms with van der Waals surface area (Å²) in [6.45, 7) is 7.75. The molecule has 1 aliphatic rings. The van der Waals surface area contributed by atoms with Crippen molar-refractivity contribution in [3.63, 3.8) is 0 Å². The Morgan fingerprint density at radius 2 is 2.15 bits per heavy atom. The van der Waals surface area contributed by atoms with Crippen LogP contribution >= 0.6 is 11.3 Å². The molecule has 0 bridgehead atoms. The zero-order chi connectivity index (χ0) is 14.8. The normalized spacial score (nSPS) is 23.8. The van der Waals surface area contributed by atoms with Crippen molar-refractivity contribution in [2.24, 2.45) is 0 Å². The van der Waals surface area contributed by atoms with E-state index in [-0.39, 0.29) is 12.1 Å². The highest BCUT2D eigenvalue weighted by Gasteiger charge is 2.32. The zero-order valence-electron chi connectivity index (χ0n) is 12.5. The lowest BCUT2D eigenvalue weighted by molar-refractivity contribution is 0.0463. The summed E-state index contributed by atoms with van der Waals surface area (Å²) in [6, 6.07) is 0.984. The number of rotatable bonds is 4. The number of hydrogen-bond donors (Lipinski definition) is 2. The Kier molecular flexibility index (Phi) is 4.65. The predicted molar refractivity (Wildman–Crippen MR) is 79.8 cm³/mol. The number of ether oxygens (including phenoxy) is 1. The molecule has 2 N–H and O–H groups in total. The molecule has 5 nitrogen and oxygen atoms in total. The first-order chi connectivity index (χ1) is 9.33. The highest BCUT2D eigenvalue weighted by molar-refractivity contribution is 7.09. The third kappa shape index (κ3) is 4.45. The van der Waals surface area contributed by atoms with E-state index in [2.05, 4.69) is 22.5 Å². The molecule has 1 saturated carbocycles. The van der Waals surface area contributed by atoms with Gasteiger partial charge < -0.3 is 15.4 Å². The predicted octanol–water partition coefficient (Wildman–Crippen LogP) is 2.85. The minimum atomic E-state index is -0.438. The highest BCUT2D eigenvalue weighted by Crippen LogP contribution is 2.25. The number of hydrogen-bond acceptors (Lipinski definition) is 5. The van der Waals surface area contributed by atoms with Crippen LogP contribution in [-0.2, 0) is 4.74 Å². The molecule has 1 aliphatic carbocycles. The van der Waals surface area contributed by atoms with Gasteiger partial charge in [0.15, 0.2) is 0 Å². The number of nitrogens with one attached hydrogen (secondary N) is 2. The molecule has 20 heavy (non-hydrogen) atoms. The zero-order valence-corrected chi connectivity index (χ0v) is 13.3. The Morgan fingerprint density at radius 1 is 1.45 bits per heavy atom. The smallest absolute Gasteiger partial charge is 0.407 e. The average Bonchev–Trinajstić information content (AvgIpc) is 2.76. The van der Waals surface area contributed by atoms with Gasteiger partial charge in [-0.2, -0.15) is 0 Å². The van der Waals surface area contributed by atoms with E-state index in [0.29, 0.717) is 12.1 Å². The fourth-order valence-electron chi connectivity index (χ4n) is 2.22. The van der Waals surface area contributed by atoms with Gasteiger partial charge in [-0.3, -0.25) is 4.98 Å². The van der Waals surface area contributed by atoms with Crippen LogP contribution in [0.3, 0.4) is 0 Å². The molecule has 6 heteroatoms. The van der Waals surface area contributed by atoms with Gasteiger partial charge >= 0.3 is 6.09 Å². The average molecular weight is 297 g/mol. The summed E-state index contributed by atoms with van der Waals surface area (Å²) >= 11 is 1.66. The summed E-state index contributed by atoms with van der Waals surface area (Å²) in [5.41, 5.74) is 1.41. The summed E-state index contributed by atoms with van der Waals surface area (Å²) in [5.74, 6) is 0. The Bertz CT molecular complexity index is 436. The van der Waals surface area contributed by atoms with Gasteiger partial charge in [-0.15, -0.1) is 11.3 Å². The first-order valence-electron chi connectivity index (χ1n) is 6.97. The Morgan fingerprint density at radius 3 is 2.70 bits per heavy atom. The third-order valence-electron chi connectivity index (χ3n) is 3.22. The maximum absolute atomic E-state index is 11.6. The van der Waals surface area contributed by atoms with Crippen LogP contribution in [0.4, 0.5) is 4.79 Å². The molecule has 1 unspecified atom stereocenters. The second-order valence-corrected chi connectivity index (χ2v) is 7.22. The van der Waals surface area contributed by atoms with Crippen LogP contribution in [0, 0.1) is 0 Å². The molecule has 1 fully saturated rings. The van der Waals surface area contributed by atoms with E-state index in [0.717, 1.165) is 12.8 Å². The van der Waals surface area contributed by atoms with Crippen molar-refractivity contribution in [2.45, 2.75) is 64.3 Å². The number of carbonyl (C=O) groups is 1. The molecule has 0 aromatic carbocycles. The monoisotopic (exact) mass is 297 g/mol. The van der Waals surface area contributed by atoms with Crippen LogP contribution in [0.1, 0.15) is 51.5 Å². The fourth-order valence-corrected chi connectivity index (χ4v) is 2.86. The molecular formula is C14H23N3O2S. The molecule has 0 aliphatic heterocycles. The van der Waals surface area contributed by atoms with Crippen molar-refractivity contribution in [1.82, 2.24) is 15.6 Å². The van der Waals surface area contributed by atoms with Crippen molar-refractivity contribution in [3.8, 4) is 0 Å². The second-order valence-electron chi connectivity index (χ2n) is 6.30. The van der Waals surface area contributed by atoms with E-state index in [1.54, 1.807) is 11.3 Å². The molecule has 1 heterocycles. The summed E-state index contributed by atoms with van der Waals surface area (Å²) in [7, 11) is 0. The largest absolute Gasteiger partial charge is 0.444 e. The van der Waals surface area contributed by atoms with Crippen LogP contribution in [0.5, 0.6) is 0 Å². The van der Waals surface area contributed by atoms with Crippen molar-refractivity contribution >= 4 is 17.4 Å². The number of amides is 1. The van der Waals surface area contributed by atoms with Gasteiger partial charge in [0, 0.05) is 29.2 Å². The van der Waals surface area contributed by atoms with Gasteiger partial charge in [0.2, 0.25) is 0 Å². The second kappa shape index (κ2) is 6.10. The molecule has 1 aromatic heterocycles. The standard InChI is InChI=1S/C14H23N3O2S/c1-9(12-7-15-8-20-12)16-10-5-11(6-10)17-13(18)19-14(2,3)4/h7-11,16H,5-6H2,1-4H3,(H,17,18). The lowest BCUT2D eigenvalue weighted by atomic mass is 9.86. The molecule has 112 valence electrons. The number of thiazole rings is 1. The molecule has 2 rings (SSSR count). The summed E-state index contributed by atoms with van der Waals surface area (Å²) in [6.07, 6.45) is 3.47. The van der Waals surface area contributed by atoms with Crippen molar-refractivity contribution in [3.05, 3.63) is 16.6 Å². The number of carbonyl (C=O) groups excluding carboxylic acids is 1. The summed E-state index contributed by atoms with van der Waals surface area (Å²) in [5, 5.41) is 6.45. The van der Waals surface area contributed by atoms with E-state index in [1.807, 2.05) is 32.5 Å². The first-order valence-corrected chi connectivity index (χ1v) is 7.85. The van der Waals surface area contributed by atoms with E-state index in [4.69, 9.17) is 4.74 Å². The van der Waals surface area contributed by atoms with Gasteiger partial charge in [0.1, 0.15) is 5.60 Å². The van der Waals surface area contributed by atoms with Gasteiger partial charge in [-0.1, -0.05) is 0 Å². The molecular weight excluding hydrogens is 274 g/mol. The van der Waals surface area contributed by atoms with Gasteiger partial charge in [0.05, 0.1) is 5.51 Å². The Labute approximate surface area is 124 Å². The van der Waals surface area contributed by atoms with Crippen LogP contribution in [0.2, 0.25) is 0 Å². The SMILES string of the molecule is CC(NC1CC(NC(=O)OC(C)(C)C)C1)c1cncs1. The molecule has 1 atom stereocenters. The number of alkyl carbamates (subject to hydrolysis) is 1. The van der Waals surface area contributed by atoms with E-state index in [9.17, 15) is 4.79 Å². The Balaban J connectivity index is 1.66. The minimum Gasteiger partial charge on any atom is -0.444 e. The van der Waals surface area contributed by atoms with Crippen molar-refractivity contribution in [1.29, 1.82) is 0 Å². The van der Waals surface area contributed by atoms with Gasteiger partial charge in [0.25, 0.3) is 0 Å². The van der Waals surface area contributed by atoms with Crippen molar-refractivity contribution in [2.75, 3.05) is 0 Å². The number of aromatic nitrogens is 1. The maximum Gasteiger partial charge on any atom is 0.407 e. The highest BCUT2D eigenvalue weighted by atomic mass is 32.1. The van der Waals surface area contributed by atoms with Crippen LogP contribution in [0.15, 0.2) is 11.7 Å². The molecule has 1 aromatic rings. The van der Waals surface area contributed by atoms with Crippen LogP contribution < -0.4 is 10.6 Å². The van der Waals surface area contributed by atoms with Crippen molar-refractivity contribution < 1.29 is 9.53 Å².